The second-order valence-corrected chi connectivity index (χ2v) is 7.66. The summed E-state index contributed by atoms with van der Waals surface area (Å²) in [5.74, 6) is 3.47. The maximum absolute atomic E-state index is 12.3. The van der Waals surface area contributed by atoms with Crippen LogP contribution in [0.4, 0.5) is 0 Å². The number of nitrogens with zero attached hydrogens (tertiary/aromatic N) is 4. The molecule has 1 aromatic carbocycles. The van der Waals surface area contributed by atoms with Gasteiger partial charge in [0.15, 0.2) is 0 Å². The van der Waals surface area contributed by atoms with Gasteiger partial charge in [0.25, 0.3) is 15.9 Å². The van der Waals surface area contributed by atoms with E-state index >= 15 is 0 Å². The monoisotopic (exact) mass is 380 g/mol. The van der Waals surface area contributed by atoms with Crippen molar-refractivity contribution in [3.8, 4) is 0 Å². The van der Waals surface area contributed by atoms with E-state index in [4.69, 9.17) is 5.84 Å². The zero-order chi connectivity index (χ0) is 19.2. The van der Waals surface area contributed by atoms with Crippen LogP contribution in [0.2, 0.25) is 0 Å². The Morgan fingerprint density at radius 3 is 2.58 bits per heavy atom. The Hall–Kier alpha value is -2.49. The van der Waals surface area contributed by atoms with Gasteiger partial charge in [-0.2, -0.15) is 8.42 Å². The van der Waals surface area contributed by atoms with E-state index in [9.17, 15) is 18.3 Å². The van der Waals surface area contributed by atoms with Crippen LogP contribution in [-0.4, -0.2) is 31.2 Å². The summed E-state index contributed by atoms with van der Waals surface area (Å²) in [7, 11) is -4.20. The molecular weight excluding hydrogens is 358 g/mol. The highest BCUT2D eigenvalue weighted by atomic mass is 32.2. The minimum absolute atomic E-state index is 0.0788. The van der Waals surface area contributed by atoms with E-state index in [1.165, 1.54) is 31.4 Å². The molecule has 9 nitrogen and oxygen atoms in total. The molecule has 0 aromatic heterocycles. The van der Waals surface area contributed by atoms with Gasteiger partial charge in [0.05, 0.1) is 5.56 Å². The molecule has 0 bridgehead atoms. The first-order valence-electron chi connectivity index (χ1n) is 8.50. The summed E-state index contributed by atoms with van der Waals surface area (Å²) in [5.41, 5.74) is 0.0301. The lowest BCUT2D eigenvalue weighted by molar-refractivity contribution is -0.213. The van der Waals surface area contributed by atoms with Crippen LogP contribution in [-0.2, 0) is 10.0 Å². The Labute approximate surface area is 152 Å². The van der Waals surface area contributed by atoms with Crippen molar-refractivity contribution in [1.82, 2.24) is 4.41 Å². The Kier molecular flexibility index (Phi) is 6.67. The van der Waals surface area contributed by atoms with Crippen molar-refractivity contribution in [2.75, 3.05) is 6.54 Å². The van der Waals surface area contributed by atoms with E-state index in [0.717, 1.165) is 25.3 Å². The summed E-state index contributed by atoms with van der Waals surface area (Å²) in [6, 6.07) is 3.79. The number of carbonyl (C=O) groups is 1. The highest BCUT2D eigenvalue weighted by molar-refractivity contribution is 7.90. The number of hydrogen-bond donors (Lipinski definition) is 1. The number of hydrogen-bond acceptors (Lipinski definition) is 7. The third-order valence-electron chi connectivity index (χ3n) is 4.04. The van der Waals surface area contributed by atoms with Gasteiger partial charge >= 0.3 is 0 Å². The van der Waals surface area contributed by atoms with E-state index in [0.29, 0.717) is 6.54 Å². The first-order valence-corrected chi connectivity index (χ1v) is 9.94. The topological polar surface area (TPSA) is 141 Å². The second-order valence-electron chi connectivity index (χ2n) is 5.92. The Morgan fingerprint density at radius 2 is 1.88 bits per heavy atom. The molecular formula is C16H22N5O4S-. The zero-order valence-electron chi connectivity index (χ0n) is 14.6. The van der Waals surface area contributed by atoms with Gasteiger partial charge in [-0.05, 0) is 35.2 Å². The molecule has 0 spiro atoms. The first-order chi connectivity index (χ1) is 12.4. The molecule has 1 heterocycles. The van der Waals surface area contributed by atoms with Crippen molar-refractivity contribution in [1.29, 1.82) is 0 Å². The summed E-state index contributed by atoms with van der Waals surface area (Å²) in [5, 5.41) is 18.1. The number of unbranched alkanes of at least 4 members (excludes halogenated alkanes) is 5. The molecule has 1 aliphatic rings. The number of benzene rings is 1. The number of fused-ring (bicyclic) bond motifs is 1. The molecule has 0 aliphatic carbocycles. The first kappa shape index (κ1) is 19.8. The highest BCUT2D eigenvalue weighted by Gasteiger charge is 2.42. The van der Waals surface area contributed by atoms with Gasteiger partial charge in [-0.1, -0.05) is 54.7 Å². The third-order valence-corrected chi connectivity index (χ3v) is 5.63. The SMILES string of the molecule is CCCCCCCCN=C([O-])c1ccc2c(c1)S(=O)(=O)N(/N=N/N)C2=O. The molecule has 0 atom stereocenters. The highest BCUT2D eigenvalue weighted by Crippen LogP contribution is 2.31. The van der Waals surface area contributed by atoms with Crippen molar-refractivity contribution in [3.63, 3.8) is 0 Å². The number of aliphatic imine (C=N–C) groups is 1. The minimum atomic E-state index is -4.20. The van der Waals surface area contributed by atoms with Gasteiger partial charge in [-0.3, -0.25) is 4.79 Å². The molecule has 0 saturated carbocycles. The maximum Gasteiger partial charge on any atom is 0.291 e. The molecule has 26 heavy (non-hydrogen) atoms. The van der Waals surface area contributed by atoms with Crippen molar-refractivity contribution in [3.05, 3.63) is 29.3 Å². The fraction of sp³-hybridized carbons (Fsp3) is 0.500. The fourth-order valence-electron chi connectivity index (χ4n) is 2.65. The molecule has 0 saturated heterocycles. The van der Waals surface area contributed by atoms with Gasteiger partial charge in [0.1, 0.15) is 4.90 Å². The molecule has 142 valence electrons. The van der Waals surface area contributed by atoms with E-state index in [1.807, 2.05) is 0 Å². The number of carbonyl (C=O) groups excluding carboxylic acids is 1. The number of amides is 1. The largest absolute Gasteiger partial charge is 0.858 e. The second kappa shape index (κ2) is 8.75. The van der Waals surface area contributed by atoms with E-state index in [2.05, 4.69) is 22.4 Å². The van der Waals surface area contributed by atoms with Gasteiger partial charge in [0.2, 0.25) is 0 Å². The van der Waals surface area contributed by atoms with Crippen LogP contribution >= 0.6 is 0 Å². The van der Waals surface area contributed by atoms with Crippen LogP contribution in [0.15, 0.2) is 38.5 Å². The molecule has 0 fully saturated rings. The van der Waals surface area contributed by atoms with Gasteiger partial charge < -0.3 is 15.9 Å². The summed E-state index contributed by atoms with van der Waals surface area (Å²) in [6.45, 7) is 2.54. The van der Waals surface area contributed by atoms with Crippen LogP contribution in [0.25, 0.3) is 0 Å². The number of sulfonamides is 1. The van der Waals surface area contributed by atoms with Crippen LogP contribution in [0, 0.1) is 0 Å². The lowest BCUT2D eigenvalue weighted by atomic mass is 10.1. The Balaban J connectivity index is 2.09. The molecule has 1 aromatic rings. The van der Waals surface area contributed by atoms with Gasteiger partial charge in [0, 0.05) is 6.54 Å². The third kappa shape index (κ3) is 4.18. The predicted molar refractivity (Wildman–Crippen MR) is 93.6 cm³/mol. The molecule has 2 rings (SSSR count). The minimum Gasteiger partial charge on any atom is -0.858 e. The molecule has 1 aliphatic heterocycles. The lowest BCUT2D eigenvalue weighted by Crippen LogP contribution is -2.24. The number of nitrogens with two attached hydrogens (primary N) is 1. The maximum atomic E-state index is 12.3. The Morgan fingerprint density at radius 1 is 1.19 bits per heavy atom. The predicted octanol–water partition coefficient (Wildman–Crippen LogP) is 1.54. The molecule has 10 heteroatoms. The van der Waals surface area contributed by atoms with E-state index < -0.39 is 21.8 Å². The number of rotatable bonds is 9. The summed E-state index contributed by atoms with van der Waals surface area (Å²) >= 11 is 0. The van der Waals surface area contributed by atoms with E-state index in [1.54, 1.807) is 0 Å². The van der Waals surface area contributed by atoms with Crippen LogP contribution in [0.5, 0.6) is 0 Å². The van der Waals surface area contributed by atoms with Crippen molar-refractivity contribution < 1.29 is 18.3 Å². The standard InChI is InChI=1S/C16H23N5O4S/c1-2-3-4-5-6-7-10-18-15(22)12-8-9-13-14(11-12)26(24,25)21(16(13)23)20-19-17/h8-9,11H,2-7,10H2,1H3,(H2,17,20)(H,18,22)/p-1. The average Bonchev–Trinajstić information content (AvgIpc) is 2.81. The molecule has 0 unspecified atom stereocenters. The van der Waals surface area contributed by atoms with E-state index in [-0.39, 0.29) is 20.4 Å². The van der Waals surface area contributed by atoms with Crippen LogP contribution in [0.3, 0.4) is 0 Å². The van der Waals surface area contributed by atoms with Crippen LogP contribution in [0.1, 0.15) is 61.4 Å². The normalized spacial score (nSPS) is 16.4. The molecule has 2 N–H and O–H groups in total. The Bertz CT molecular complexity index is 820. The van der Waals surface area contributed by atoms with Crippen molar-refractivity contribution in [2.45, 2.75) is 50.3 Å². The smallest absolute Gasteiger partial charge is 0.291 e. The van der Waals surface area contributed by atoms with Gasteiger partial charge in [-0.15, -0.1) is 0 Å². The van der Waals surface area contributed by atoms with Crippen LogP contribution < -0.4 is 10.9 Å². The molecule has 0 radical (unpaired) electrons. The zero-order valence-corrected chi connectivity index (χ0v) is 15.4. The van der Waals surface area contributed by atoms with Crippen molar-refractivity contribution in [2.24, 2.45) is 21.3 Å². The fourth-order valence-corrected chi connectivity index (χ4v) is 4.00. The lowest BCUT2D eigenvalue weighted by Gasteiger charge is -2.12. The summed E-state index contributed by atoms with van der Waals surface area (Å²) < 4.78 is 24.8. The summed E-state index contributed by atoms with van der Waals surface area (Å²) in [4.78, 5) is 15.7. The quantitative estimate of drug-likeness (QED) is 0.173. The average molecular weight is 380 g/mol. The van der Waals surface area contributed by atoms with Gasteiger partial charge in [-0.25, -0.2) is 0 Å². The summed E-state index contributed by atoms with van der Waals surface area (Å²) in [6.07, 6.45) is 6.49. The van der Waals surface area contributed by atoms with Crippen molar-refractivity contribution >= 4 is 21.8 Å². The molecule has 1 amide bonds.